The average Bonchev–Trinajstić information content (AvgIpc) is 2.16. The maximum Gasteiger partial charge on any atom is 0.460 e. The first-order valence-electron chi connectivity index (χ1n) is 5.04. The number of carbonyl (C=O) groups is 1. The van der Waals surface area contributed by atoms with Crippen molar-refractivity contribution in [2.24, 2.45) is 0 Å². The largest absolute Gasteiger partial charge is 0.480 e. The number of rotatable bonds is 4. The van der Waals surface area contributed by atoms with Gasteiger partial charge in [-0.2, -0.15) is 13.2 Å². The second-order valence-electron chi connectivity index (χ2n) is 3.72. The lowest BCUT2D eigenvalue weighted by atomic mass is 10.0. The Bertz CT molecular complexity index is 245. The number of carboxylic acid groups (broad SMARTS) is 1. The van der Waals surface area contributed by atoms with Crippen LogP contribution in [0.4, 0.5) is 13.2 Å². The summed E-state index contributed by atoms with van der Waals surface area (Å²) in [6, 6.07) is -0.756. The molecule has 0 bridgehead atoms. The van der Waals surface area contributed by atoms with Gasteiger partial charge in [0.05, 0.1) is 6.61 Å². The van der Waals surface area contributed by atoms with E-state index in [4.69, 9.17) is 9.84 Å². The summed E-state index contributed by atoms with van der Waals surface area (Å²) < 4.78 is 42.3. The number of alkyl halides is 3. The van der Waals surface area contributed by atoms with Crippen LogP contribution in [0.2, 0.25) is 0 Å². The molecule has 4 nitrogen and oxygen atoms in total. The molecule has 1 N–H and O–H groups in total. The maximum absolute atomic E-state index is 12.5. The van der Waals surface area contributed by atoms with E-state index < -0.39 is 24.9 Å². The molecule has 0 amide bonds. The molecule has 1 aliphatic heterocycles. The second kappa shape index (κ2) is 5.49. The number of halogens is 3. The minimum atomic E-state index is -4.36. The SMILES string of the molecule is O=C(O)COC[C@@H]1CCCCN1C(F)(F)F. The first-order chi connectivity index (χ1) is 7.41. The molecule has 1 atom stereocenters. The number of nitrogens with zero attached hydrogens (tertiary/aromatic N) is 1. The quantitative estimate of drug-likeness (QED) is 0.757. The summed E-state index contributed by atoms with van der Waals surface area (Å²) in [5, 5.41) is 8.31. The van der Waals surface area contributed by atoms with E-state index in [0.29, 0.717) is 24.2 Å². The number of aliphatic carboxylic acids is 1. The van der Waals surface area contributed by atoms with Crippen LogP contribution in [0.5, 0.6) is 0 Å². The minimum absolute atomic E-state index is 0.0371. The van der Waals surface area contributed by atoms with Crippen LogP contribution in [-0.4, -0.2) is 48.1 Å². The number of likely N-dealkylation sites (tertiary alicyclic amines) is 1. The normalized spacial score (nSPS) is 23.3. The monoisotopic (exact) mass is 241 g/mol. The van der Waals surface area contributed by atoms with Crippen molar-refractivity contribution in [2.75, 3.05) is 19.8 Å². The molecule has 1 fully saturated rings. The molecule has 1 heterocycles. The van der Waals surface area contributed by atoms with Crippen LogP contribution in [0.15, 0.2) is 0 Å². The third-order valence-electron chi connectivity index (χ3n) is 2.49. The molecule has 0 saturated carbocycles. The third-order valence-corrected chi connectivity index (χ3v) is 2.49. The molecule has 0 aromatic rings. The predicted molar refractivity (Wildman–Crippen MR) is 48.9 cm³/mol. The number of hydrogen-bond donors (Lipinski definition) is 1. The van der Waals surface area contributed by atoms with Gasteiger partial charge in [0.2, 0.25) is 0 Å². The van der Waals surface area contributed by atoms with Crippen molar-refractivity contribution in [1.82, 2.24) is 4.90 Å². The van der Waals surface area contributed by atoms with Gasteiger partial charge in [0, 0.05) is 12.6 Å². The zero-order valence-electron chi connectivity index (χ0n) is 8.66. The van der Waals surface area contributed by atoms with Crippen LogP contribution in [0, 0.1) is 0 Å². The minimum Gasteiger partial charge on any atom is -0.480 e. The molecule has 1 rings (SSSR count). The molecule has 0 aromatic carbocycles. The van der Waals surface area contributed by atoms with Crippen LogP contribution in [-0.2, 0) is 9.53 Å². The first kappa shape index (κ1) is 13.2. The van der Waals surface area contributed by atoms with E-state index in [-0.39, 0.29) is 13.2 Å². The number of piperidine rings is 1. The van der Waals surface area contributed by atoms with Crippen molar-refractivity contribution in [1.29, 1.82) is 0 Å². The van der Waals surface area contributed by atoms with E-state index in [0.717, 1.165) is 0 Å². The molecule has 16 heavy (non-hydrogen) atoms. The predicted octanol–water partition coefficient (Wildman–Crippen LogP) is 1.46. The van der Waals surface area contributed by atoms with Crippen molar-refractivity contribution < 1.29 is 27.8 Å². The molecule has 0 unspecified atom stereocenters. The van der Waals surface area contributed by atoms with Gasteiger partial charge in [-0.25, -0.2) is 9.69 Å². The molecule has 0 aliphatic carbocycles. The van der Waals surface area contributed by atoms with Gasteiger partial charge >= 0.3 is 12.3 Å². The van der Waals surface area contributed by atoms with E-state index in [1.807, 2.05) is 0 Å². The van der Waals surface area contributed by atoms with E-state index in [2.05, 4.69) is 0 Å². The van der Waals surface area contributed by atoms with Crippen LogP contribution in [0.25, 0.3) is 0 Å². The Morgan fingerprint density at radius 1 is 1.44 bits per heavy atom. The molecule has 1 saturated heterocycles. The average molecular weight is 241 g/mol. The van der Waals surface area contributed by atoms with Crippen molar-refractivity contribution in [3.05, 3.63) is 0 Å². The van der Waals surface area contributed by atoms with E-state index in [1.165, 1.54) is 0 Å². The number of hydrogen-bond acceptors (Lipinski definition) is 3. The standard InChI is InChI=1S/C9H14F3NO3/c10-9(11,12)13-4-2-1-3-7(13)5-16-6-8(14)15/h7H,1-6H2,(H,14,15)/t7-/m0/s1. The Labute approximate surface area is 91.0 Å². The molecule has 0 spiro atoms. The molecular weight excluding hydrogens is 227 g/mol. The van der Waals surface area contributed by atoms with Crippen LogP contribution in [0.3, 0.4) is 0 Å². The summed E-state index contributed by atoms with van der Waals surface area (Å²) in [5.74, 6) is -1.17. The molecular formula is C9H14F3NO3. The molecule has 0 radical (unpaired) electrons. The zero-order valence-corrected chi connectivity index (χ0v) is 8.66. The van der Waals surface area contributed by atoms with Gasteiger partial charge in [-0.05, 0) is 12.8 Å². The molecule has 7 heteroatoms. The van der Waals surface area contributed by atoms with Crippen LogP contribution < -0.4 is 0 Å². The lowest BCUT2D eigenvalue weighted by Gasteiger charge is -2.36. The molecule has 0 aromatic heterocycles. The lowest BCUT2D eigenvalue weighted by Crippen LogP contribution is -2.50. The summed E-state index contributed by atoms with van der Waals surface area (Å²) >= 11 is 0. The zero-order chi connectivity index (χ0) is 12.2. The van der Waals surface area contributed by atoms with Gasteiger partial charge in [0.1, 0.15) is 6.61 Å². The Kier molecular flexibility index (Phi) is 4.55. The summed E-state index contributed by atoms with van der Waals surface area (Å²) in [6.07, 6.45) is -2.75. The van der Waals surface area contributed by atoms with E-state index >= 15 is 0 Å². The number of carboxylic acids is 1. The second-order valence-corrected chi connectivity index (χ2v) is 3.72. The van der Waals surface area contributed by atoms with Gasteiger partial charge < -0.3 is 9.84 Å². The molecule has 94 valence electrons. The van der Waals surface area contributed by atoms with Gasteiger partial charge in [-0.3, -0.25) is 0 Å². The number of ether oxygens (including phenoxy) is 1. The fourth-order valence-corrected chi connectivity index (χ4v) is 1.79. The van der Waals surface area contributed by atoms with Crippen molar-refractivity contribution in [3.8, 4) is 0 Å². The highest BCUT2D eigenvalue weighted by Crippen LogP contribution is 2.29. The van der Waals surface area contributed by atoms with Gasteiger partial charge in [0.25, 0.3) is 0 Å². The van der Waals surface area contributed by atoms with E-state index in [9.17, 15) is 18.0 Å². The summed E-state index contributed by atoms with van der Waals surface area (Å²) in [7, 11) is 0. The first-order valence-corrected chi connectivity index (χ1v) is 5.04. The Morgan fingerprint density at radius 2 is 2.12 bits per heavy atom. The smallest absolute Gasteiger partial charge is 0.460 e. The highest BCUT2D eigenvalue weighted by Gasteiger charge is 2.42. The highest BCUT2D eigenvalue weighted by atomic mass is 19.4. The van der Waals surface area contributed by atoms with Crippen LogP contribution >= 0.6 is 0 Å². The van der Waals surface area contributed by atoms with Crippen LogP contribution in [0.1, 0.15) is 19.3 Å². The maximum atomic E-state index is 12.5. The van der Waals surface area contributed by atoms with Crippen molar-refractivity contribution in [2.45, 2.75) is 31.6 Å². The van der Waals surface area contributed by atoms with Crippen molar-refractivity contribution >= 4 is 5.97 Å². The fraction of sp³-hybridized carbons (Fsp3) is 0.889. The summed E-state index contributed by atoms with van der Waals surface area (Å²) in [5.41, 5.74) is 0. The third kappa shape index (κ3) is 3.97. The Morgan fingerprint density at radius 3 is 2.69 bits per heavy atom. The lowest BCUT2D eigenvalue weighted by molar-refractivity contribution is -0.267. The highest BCUT2D eigenvalue weighted by molar-refractivity contribution is 5.67. The van der Waals surface area contributed by atoms with Gasteiger partial charge in [0.15, 0.2) is 0 Å². The van der Waals surface area contributed by atoms with Gasteiger partial charge in [-0.1, -0.05) is 6.42 Å². The Hall–Kier alpha value is -0.820. The Balaban J connectivity index is 2.44. The van der Waals surface area contributed by atoms with E-state index in [1.54, 1.807) is 0 Å². The fourth-order valence-electron chi connectivity index (χ4n) is 1.79. The van der Waals surface area contributed by atoms with Crippen molar-refractivity contribution in [3.63, 3.8) is 0 Å². The van der Waals surface area contributed by atoms with Gasteiger partial charge in [-0.15, -0.1) is 0 Å². The molecule has 1 aliphatic rings. The topological polar surface area (TPSA) is 49.8 Å². The summed E-state index contributed by atoms with van der Waals surface area (Å²) in [6.45, 7) is -0.779. The summed E-state index contributed by atoms with van der Waals surface area (Å²) in [4.78, 5) is 10.6.